The number of benzene rings is 2. The number of urea groups is 1. The smallest absolute Gasteiger partial charge is 0.315 e. The first-order chi connectivity index (χ1) is 11.8. The van der Waals surface area contributed by atoms with Crippen molar-refractivity contribution in [1.82, 2.24) is 14.9 Å². The molecule has 0 saturated carbocycles. The van der Waals surface area contributed by atoms with E-state index in [-0.39, 0.29) is 23.5 Å². The molecule has 2 amide bonds. The zero-order chi connectivity index (χ0) is 18.4. The van der Waals surface area contributed by atoms with E-state index in [1.54, 1.807) is 18.2 Å². The summed E-state index contributed by atoms with van der Waals surface area (Å²) in [7, 11) is -0.600. The molecular weight excluding hydrogens is 338 g/mol. The molecule has 0 heterocycles. The molecule has 0 aliphatic carbocycles. The number of amides is 2. The lowest BCUT2D eigenvalue weighted by molar-refractivity contribution is 0.237. The standard InChI is InChI=1S/C18H23N3O3S/c1-14(15-9-5-4-6-10-15)20-18(22)19-13-16-11-7-8-12-17(16)25(23,24)21(2)3/h4-12,14H,13H2,1-3H3,(H2,19,20,22). The highest BCUT2D eigenvalue weighted by Gasteiger charge is 2.20. The van der Waals surface area contributed by atoms with Gasteiger partial charge in [-0.05, 0) is 24.1 Å². The Bertz CT molecular complexity index is 820. The van der Waals surface area contributed by atoms with Crippen LogP contribution in [0, 0.1) is 0 Å². The number of rotatable bonds is 6. The van der Waals surface area contributed by atoms with E-state index < -0.39 is 10.0 Å². The Hall–Kier alpha value is -2.38. The summed E-state index contributed by atoms with van der Waals surface area (Å²) in [6.45, 7) is 2.01. The summed E-state index contributed by atoms with van der Waals surface area (Å²) in [5.74, 6) is 0. The van der Waals surface area contributed by atoms with Crippen molar-refractivity contribution < 1.29 is 13.2 Å². The average Bonchev–Trinajstić information content (AvgIpc) is 2.60. The molecule has 0 aliphatic heterocycles. The van der Waals surface area contributed by atoms with Crippen LogP contribution >= 0.6 is 0 Å². The number of carbonyl (C=O) groups is 1. The molecule has 25 heavy (non-hydrogen) atoms. The molecule has 0 radical (unpaired) electrons. The summed E-state index contributed by atoms with van der Waals surface area (Å²) in [6.07, 6.45) is 0. The topological polar surface area (TPSA) is 78.5 Å². The molecule has 1 atom stereocenters. The van der Waals surface area contributed by atoms with Crippen molar-refractivity contribution in [3.05, 3.63) is 65.7 Å². The molecule has 0 saturated heterocycles. The van der Waals surface area contributed by atoms with Gasteiger partial charge in [-0.3, -0.25) is 0 Å². The maximum atomic E-state index is 12.4. The van der Waals surface area contributed by atoms with E-state index in [1.165, 1.54) is 20.2 Å². The van der Waals surface area contributed by atoms with Gasteiger partial charge in [-0.25, -0.2) is 17.5 Å². The van der Waals surface area contributed by atoms with Crippen LogP contribution in [0.4, 0.5) is 4.79 Å². The van der Waals surface area contributed by atoms with Crippen molar-refractivity contribution in [2.45, 2.75) is 24.4 Å². The predicted octanol–water partition coefficient (Wildman–Crippen LogP) is 2.50. The molecule has 2 N–H and O–H groups in total. The molecule has 2 aromatic rings. The Morgan fingerprint density at radius 3 is 2.28 bits per heavy atom. The fraction of sp³-hybridized carbons (Fsp3) is 0.278. The van der Waals surface area contributed by atoms with E-state index in [0.29, 0.717) is 5.56 Å². The molecule has 134 valence electrons. The van der Waals surface area contributed by atoms with Gasteiger partial charge in [0, 0.05) is 20.6 Å². The van der Waals surface area contributed by atoms with Crippen LogP contribution in [0.1, 0.15) is 24.1 Å². The van der Waals surface area contributed by atoms with Gasteiger partial charge in [-0.2, -0.15) is 0 Å². The summed E-state index contributed by atoms with van der Waals surface area (Å²) in [5.41, 5.74) is 1.53. The summed E-state index contributed by atoms with van der Waals surface area (Å²) >= 11 is 0. The van der Waals surface area contributed by atoms with Crippen LogP contribution in [0.3, 0.4) is 0 Å². The molecule has 2 rings (SSSR count). The third-order valence-corrected chi connectivity index (χ3v) is 5.73. The quantitative estimate of drug-likeness (QED) is 0.830. The van der Waals surface area contributed by atoms with Gasteiger partial charge in [0.15, 0.2) is 0 Å². The number of hydrogen-bond donors (Lipinski definition) is 2. The van der Waals surface area contributed by atoms with Crippen LogP contribution in [0.5, 0.6) is 0 Å². The van der Waals surface area contributed by atoms with E-state index in [0.717, 1.165) is 9.87 Å². The minimum atomic E-state index is -3.56. The van der Waals surface area contributed by atoms with Crippen LogP contribution < -0.4 is 10.6 Å². The maximum Gasteiger partial charge on any atom is 0.315 e. The second-order valence-electron chi connectivity index (χ2n) is 5.85. The van der Waals surface area contributed by atoms with E-state index in [2.05, 4.69) is 10.6 Å². The van der Waals surface area contributed by atoms with Gasteiger partial charge in [0.05, 0.1) is 10.9 Å². The van der Waals surface area contributed by atoms with Gasteiger partial charge in [0.1, 0.15) is 0 Å². The summed E-state index contributed by atoms with van der Waals surface area (Å²) < 4.78 is 25.9. The molecule has 1 unspecified atom stereocenters. The first-order valence-electron chi connectivity index (χ1n) is 7.92. The number of nitrogens with one attached hydrogen (secondary N) is 2. The molecule has 2 aromatic carbocycles. The lowest BCUT2D eigenvalue weighted by atomic mass is 10.1. The molecular formula is C18H23N3O3S. The highest BCUT2D eigenvalue weighted by Crippen LogP contribution is 2.18. The number of sulfonamides is 1. The predicted molar refractivity (Wildman–Crippen MR) is 97.5 cm³/mol. The Morgan fingerprint density at radius 2 is 1.64 bits per heavy atom. The Kier molecular flexibility index (Phi) is 6.17. The molecule has 0 spiro atoms. The van der Waals surface area contributed by atoms with Crippen LogP contribution in [-0.2, 0) is 16.6 Å². The van der Waals surface area contributed by atoms with E-state index in [1.807, 2.05) is 37.3 Å². The Morgan fingerprint density at radius 1 is 1.04 bits per heavy atom. The number of hydrogen-bond acceptors (Lipinski definition) is 3. The van der Waals surface area contributed by atoms with Gasteiger partial charge >= 0.3 is 6.03 Å². The van der Waals surface area contributed by atoms with Gasteiger partial charge in [0.2, 0.25) is 10.0 Å². The lowest BCUT2D eigenvalue weighted by Gasteiger charge is -2.17. The molecule has 6 nitrogen and oxygen atoms in total. The van der Waals surface area contributed by atoms with E-state index in [9.17, 15) is 13.2 Å². The van der Waals surface area contributed by atoms with Crippen molar-refractivity contribution in [3.63, 3.8) is 0 Å². The first-order valence-corrected chi connectivity index (χ1v) is 9.36. The van der Waals surface area contributed by atoms with Gasteiger partial charge in [-0.15, -0.1) is 0 Å². The molecule has 0 bridgehead atoms. The second kappa shape index (κ2) is 8.13. The van der Waals surface area contributed by atoms with Crippen LogP contribution in [-0.4, -0.2) is 32.8 Å². The second-order valence-corrected chi connectivity index (χ2v) is 7.97. The highest BCUT2D eigenvalue weighted by atomic mass is 32.2. The van der Waals surface area contributed by atoms with Gasteiger partial charge in [-0.1, -0.05) is 48.5 Å². The Labute approximate surface area is 148 Å². The van der Waals surface area contributed by atoms with Crippen molar-refractivity contribution in [3.8, 4) is 0 Å². The summed E-state index contributed by atoms with van der Waals surface area (Å²) in [4.78, 5) is 12.3. The van der Waals surface area contributed by atoms with Crippen molar-refractivity contribution >= 4 is 16.1 Å². The molecule has 0 aliphatic rings. The number of carbonyl (C=O) groups excluding carboxylic acids is 1. The van der Waals surface area contributed by atoms with Gasteiger partial charge in [0.25, 0.3) is 0 Å². The average molecular weight is 361 g/mol. The number of nitrogens with zero attached hydrogens (tertiary/aromatic N) is 1. The van der Waals surface area contributed by atoms with Crippen molar-refractivity contribution in [2.75, 3.05) is 14.1 Å². The van der Waals surface area contributed by atoms with E-state index in [4.69, 9.17) is 0 Å². The minimum Gasteiger partial charge on any atom is -0.334 e. The van der Waals surface area contributed by atoms with Crippen LogP contribution in [0.15, 0.2) is 59.5 Å². The fourth-order valence-electron chi connectivity index (χ4n) is 2.35. The van der Waals surface area contributed by atoms with Crippen molar-refractivity contribution in [2.24, 2.45) is 0 Å². The van der Waals surface area contributed by atoms with Crippen LogP contribution in [0.2, 0.25) is 0 Å². The molecule has 0 aromatic heterocycles. The lowest BCUT2D eigenvalue weighted by Crippen LogP contribution is -2.37. The third kappa shape index (κ3) is 4.80. The summed E-state index contributed by atoms with van der Waals surface area (Å²) in [5, 5.41) is 5.56. The highest BCUT2D eigenvalue weighted by molar-refractivity contribution is 7.89. The monoisotopic (exact) mass is 361 g/mol. The van der Waals surface area contributed by atoms with Gasteiger partial charge < -0.3 is 10.6 Å². The minimum absolute atomic E-state index is 0.122. The molecule has 7 heteroatoms. The largest absolute Gasteiger partial charge is 0.334 e. The summed E-state index contributed by atoms with van der Waals surface area (Å²) in [6, 6.07) is 15.7. The normalized spacial score (nSPS) is 12.6. The zero-order valence-corrected chi connectivity index (χ0v) is 15.4. The third-order valence-electron chi connectivity index (χ3n) is 3.82. The van der Waals surface area contributed by atoms with E-state index >= 15 is 0 Å². The first kappa shape index (κ1) is 19.0. The van der Waals surface area contributed by atoms with Crippen molar-refractivity contribution in [1.29, 1.82) is 0 Å². The zero-order valence-electron chi connectivity index (χ0n) is 14.6. The van der Waals surface area contributed by atoms with Crippen LogP contribution in [0.25, 0.3) is 0 Å². The SMILES string of the molecule is CC(NC(=O)NCc1ccccc1S(=O)(=O)N(C)C)c1ccccc1. The molecule has 0 fully saturated rings. The fourth-order valence-corrected chi connectivity index (χ4v) is 3.46. The Balaban J connectivity index is 2.03. The maximum absolute atomic E-state index is 12.4.